The zero-order valence-corrected chi connectivity index (χ0v) is 14.4. The molecule has 0 aromatic carbocycles. The van der Waals surface area contributed by atoms with E-state index < -0.39 is 0 Å². The predicted molar refractivity (Wildman–Crippen MR) is 87.7 cm³/mol. The van der Waals surface area contributed by atoms with E-state index in [4.69, 9.17) is 9.47 Å². The van der Waals surface area contributed by atoms with Gasteiger partial charge in [0.2, 0.25) is 0 Å². The van der Waals surface area contributed by atoms with Gasteiger partial charge in [-0.05, 0) is 43.9 Å². The summed E-state index contributed by atoms with van der Waals surface area (Å²) in [6, 6.07) is 0. The zero-order chi connectivity index (χ0) is 15.2. The summed E-state index contributed by atoms with van der Waals surface area (Å²) in [5.74, 6) is 0. The van der Waals surface area contributed by atoms with Crippen LogP contribution in [0.2, 0.25) is 0 Å². The van der Waals surface area contributed by atoms with Crippen molar-refractivity contribution in [2.45, 2.75) is 83.3 Å². The Morgan fingerprint density at radius 2 is 2.05 bits per heavy atom. The van der Waals surface area contributed by atoms with Crippen LogP contribution in [0.4, 0.5) is 0 Å². The van der Waals surface area contributed by atoms with E-state index in [2.05, 4.69) is 19.2 Å². The lowest BCUT2D eigenvalue weighted by Crippen LogP contribution is -2.37. The first-order chi connectivity index (χ1) is 10.1. The van der Waals surface area contributed by atoms with Crippen molar-refractivity contribution in [1.29, 1.82) is 0 Å². The smallest absolute Gasteiger partial charge is 0.0687 e. The van der Waals surface area contributed by atoms with Crippen LogP contribution in [0.25, 0.3) is 0 Å². The lowest BCUT2D eigenvalue weighted by molar-refractivity contribution is -0.0527. The molecule has 1 spiro atoms. The van der Waals surface area contributed by atoms with E-state index >= 15 is 0 Å². The van der Waals surface area contributed by atoms with Gasteiger partial charge in [0.25, 0.3) is 0 Å². The molecule has 2 atom stereocenters. The Kier molecular flexibility index (Phi) is 6.51. The molecule has 3 nitrogen and oxygen atoms in total. The third-order valence-electron chi connectivity index (χ3n) is 5.46. The van der Waals surface area contributed by atoms with Crippen LogP contribution in [0, 0.1) is 5.41 Å². The van der Waals surface area contributed by atoms with E-state index in [-0.39, 0.29) is 5.60 Å². The van der Waals surface area contributed by atoms with Crippen molar-refractivity contribution in [3.8, 4) is 0 Å². The molecule has 0 aromatic heterocycles. The van der Waals surface area contributed by atoms with Crippen LogP contribution in [0.1, 0.15) is 71.6 Å². The molecule has 1 N–H and O–H groups in total. The van der Waals surface area contributed by atoms with Gasteiger partial charge in [0, 0.05) is 20.2 Å². The second kappa shape index (κ2) is 7.94. The standard InChI is InChI=1S/C18H35NO2/c1-4-8-17(2,15-19-12-13-20-3)14-16-7-11-18(21-16)9-5-6-10-18/h16,19H,4-15H2,1-3H3. The monoisotopic (exact) mass is 297 g/mol. The highest BCUT2D eigenvalue weighted by Crippen LogP contribution is 2.46. The molecule has 0 radical (unpaired) electrons. The number of nitrogens with one attached hydrogen (secondary N) is 1. The molecule has 1 aliphatic heterocycles. The molecular formula is C18H35NO2. The second-order valence-electron chi connectivity index (χ2n) is 7.60. The zero-order valence-electron chi connectivity index (χ0n) is 14.4. The molecule has 2 fully saturated rings. The van der Waals surface area contributed by atoms with Crippen LogP contribution in [-0.2, 0) is 9.47 Å². The van der Waals surface area contributed by atoms with Crippen molar-refractivity contribution in [3.63, 3.8) is 0 Å². The van der Waals surface area contributed by atoms with Crippen LogP contribution in [0.5, 0.6) is 0 Å². The van der Waals surface area contributed by atoms with E-state index in [0.29, 0.717) is 11.5 Å². The third-order valence-corrected chi connectivity index (χ3v) is 5.46. The molecule has 0 amide bonds. The Labute approximate surface area is 131 Å². The third kappa shape index (κ3) is 4.94. The molecule has 1 saturated carbocycles. The van der Waals surface area contributed by atoms with Gasteiger partial charge in [-0.25, -0.2) is 0 Å². The largest absolute Gasteiger partial charge is 0.383 e. The van der Waals surface area contributed by atoms with Crippen LogP contribution >= 0.6 is 0 Å². The summed E-state index contributed by atoms with van der Waals surface area (Å²) in [7, 11) is 1.76. The summed E-state index contributed by atoms with van der Waals surface area (Å²) in [6.45, 7) is 7.55. The molecule has 2 rings (SSSR count). The Morgan fingerprint density at radius 1 is 1.29 bits per heavy atom. The molecule has 21 heavy (non-hydrogen) atoms. The van der Waals surface area contributed by atoms with Gasteiger partial charge >= 0.3 is 0 Å². The van der Waals surface area contributed by atoms with Crippen molar-refractivity contribution in [3.05, 3.63) is 0 Å². The topological polar surface area (TPSA) is 30.5 Å². The summed E-state index contributed by atoms with van der Waals surface area (Å²) >= 11 is 0. The van der Waals surface area contributed by atoms with Gasteiger partial charge in [-0.2, -0.15) is 0 Å². The Balaban J connectivity index is 1.81. The van der Waals surface area contributed by atoms with Gasteiger partial charge in [-0.3, -0.25) is 0 Å². The van der Waals surface area contributed by atoms with Crippen LogP contribution in [0.15, 0.2) is 0 Å². The van der Waals surface area contributed by atoms with Gasteiger partial charge in [0.1, 0.15) is 0 Å². The molecule has 0 bridgehead atoms. The van der Waals surface area contributed by atoms with Gasteiger partial charge in [-0.1, -0.05) is 33.1 Å². The Morgan fingerprint density at radius 3 is 2.71 bits per heavy atom. The first-order valence-corrected chi connectivity index (χ1v) is 8.99. The fourth-order valence-corrected chi connectivity index (χ4v) is 4.41. The molecule has 1 saturated heterocycles. The molecule has 1 heterocycles. The fourth-order valence-electron chi connectivity index (χ4n) is 4.41. The van der Waals surface area contributed by atoms with Crippen LogP contribution in [0.3, 0.4) is 0 Å². The number of ether oxygens (including phenoxy) is 2. The van der Waals surface area contributed by atoms with Gasteiger partial charge in [0.15, 0.2) is 0 Å². The summed E-state index contributed by atoms with van der Waals surface area (Å²) in [4.78, 5) is 0. The maximum atomic E-state index is 6.53. The first kappa shape index (κ1) is 17.2. The highest BCUT2D eigenvalue weighted by atomic mass is 16.5. The van der Waals surface area contributed by atoms with E-state index in [1.807, 2.05) is 0 Å². The highest BCUT2D eigenvalue weighted by Gasteiger charge is 2.43. The summed E-state index contributed by atoms with van der Waals surface area (Å²) in [5.41, 5.74) is 0.637. The number of rotatable bonds is 9. The van der Waals surface area contributed by atoms with Gasteiger partial charge in [0.05, 0.1) is 18.3 Å². The molecule has 1 aliphatic carbocycles. The molecule has 0 aromatic rings. The van der Waals surface area contributed by atoms with Crippen molar-refractivity contribution < 1.29 is 9.47 Å². The number of hydrogen-bond acceptors (Lipinski definition) is 3. The molecule has 124 valence electrons. The maximum absolute atomic E-state index is 6.53. The van der Waals surface area contributed by atoms with E-state index in [1.165, 1.54) is 57.8 Å². The minimum atomic E-state index is 0.279. The Hall–Kier alpha value is -0.120. The van der Waals surface area contributed by atoms with E-state index in [0.717, 1.165) is 19.7 Å². The normalized spacial score (nSPS) is 27.3. The molecule has 2 unspecified atom stereocenters. The van der Waals surface area contributed by atoms with E-state index in [9.17, 15) is 0 Å². The van der Waals surface area contributed by atoms with E-state index in [1.54, 1.807) is 7.11 Å². The molecule has 3 heteroatoms. The lowest BCUT2D eigenvalue weighted by Gasteiger charge is -2.33. The summed E-state index contributed by atoms with van der Waals surface area (Å²) in [6.07, 6.45) is 12.2. The summed E-state index contributed by atoms with van der Waals surface area (Å²) in [5, 5.41) is 3.57. The van der Waals surface area contributed by atoms with Crippen molar-refractivity contribution in [1.82, 2.24) is 5.32 Å². The molecular weight excluding hydrogens is 262 g/mol. The average molecular weight is 297 g/mol. The highest BCUT2D eigenvalue weighted by molar-refractivity contribution is 4.94. The van der Waals surface area contributed by atoms with Gasteiger partial charge in [-0.15, -0.1) is 0 Å². The average Bonchev–Trinajstić information content (AvgIpc) is 3.06. The fraction of sp³-hybridized carbons (Fsp3) is 1.00. The quantitative estimate of drug-likeness (QED) is 0.655. The predicted octanol–water partition coefficient (Wildman–Crippen LogP) is 3.91. The minimum absolute atomic E-state index is 0.279. The van der Waals surface area contributed by atoms with Crippen molar-refractivity contribution >= 4 is 0 Å². The maximum Gasteiger partial charge on any atom is 0.0687 e. The lowest BCUT2D eigenvalue weighted by atomic mass is 9.79. The summed E-state index contributed by atoms with van der Waals surface area (Å²) < 4.78 is 11.7. The second-order valence-corrected chi connectivity index (χ2v) is 7.60. The van der Waals surface area contributed by atoms with Crippen molar-refractivity contribution in [2.75, 3.05) is 26.8 Å². The van der Waals surface area contributed by atoms with Crippen LogP contribution < -0.4 is 5.32 Å². The Bertz CT molecular complexity index is 302. The molecule has 2 aliphatic rings. The minimum Gasteiger partial charge on any atom is -0.383 e. The van der Waals surface area contributed by atoms with Gasteiger partial charge < -0.3 is 14.8 Å². The number of hydrogen-bond donors (Lipinski definition) is 1. The SMILES string of the molecule is CCCC(C)(CNCCOC)CC1CCC2(CCCC2)O1. The number of methoxy groups -OCH3 is 1. The van der Waals surface area contributed by atoms with Crippen LogP contribution in [-0.4, -0.2) is 38.5 Å². The van der Waals surface area contributed by atoms with Crippen molar-refractivity contribution in [2.24, 2.45) is 5.41 Å². The first-order valence-electron chi connectivity index (χ1n) is 8.99.